The number of anilines is 2. The van der Waals surface area contributed by atoms with Gasteiger partial charge in [-0.25, -0.2) is 9.97 Å². The maximum atomic E-state index is 12.6. The second kappa shape index (κ2) is 9.16. The molecule has 1 aromatic heterocycles. The Morgan fingerprint density at radius 2 is 1.90 bits per heavy atom. The molecule has 0 bridgehead atoms. The minimum Gasteiger partial charge on any atom is -0.455 e. The highest BCUT2D eigenvalue weighted by atomic mass is 16.5. The van der Waals surface area contributed by atoms with Gasteiger partial charge in [-0.2, -0.15) is 0 Å². The molecule has 1 aliphatic heterocycles. The van der Waals surface area contributed by atoms with Crippen molar-refractivity contribution < 1.29 is 14.3 Å². The van der Waals surface area contributed by atoms with Gasteiger partial charge < -0.3 is 20.1 Å². The number of hydrogen-bond acceptors (Lipinski definition) is 6. The molecule has 1 atom stereocenters. The van der Waals surface area contributed by atoms with Crippen molar-refractivity contribution in [3.8, 4) is 11.5 Å². The van der Waals surface area contributed by atoms with Crippen molar-refractivity contribution >= 4 is 17.4 Å². The zero-order valence-corrected chi connectivity index (χ0v) is 15.9. The second-order valence-electron chi connectivity index (χ2n) is 6.67. The summed E-state index contributed by atoms with van der Waals surface area (Å²) < 4.78 is 11.4. The Bertz CT molecular complexity index is 942. The second-order valence-corrected chi connectivity index (χ2v) is 6.67. The Balaban J connectivity index is 1.39. The molecule has 1 unspecified atom stereocenters. The summed E-state index contributed by atoms with van der Waals surface area (Å²) >= 11 is 0. The number of aromatic nitrogens is 2. The molecular formula is C22H22N4O3. The SMILES string of the molecule is O=C(Nc1ccccc1Oc1ccccc1)c1cnc(NCC2CCCO2)cn1. The molecule has 2 N–H and O–H groups in total. The van der Waals surface area contributed by atoms with Crippen LogP contribution >= 0.6 is 0 Å². The van der Waals surface area contributed by atoms with Crippen LogP contribution in [-0.2, 0) is 4.74 Å². The van der Waals surface area contributed by atoms with Crippen LogP contribution in [0.25, 0.3) is 0 Å². The minimum absolute atomic E-state index is 0.209. The van der Waals surface area contributed by atoms with Gasteiger partial charge in [-0.15, -0.1) is 0 Å². The van der Waals surface area contributed by atoms with Crippen molar-refractivity contribution in [1.82, 2.24) is 9.97 Å². The molecule has 0 aliphatic carbocycles. The molecule has 2 aromatic carbocycles. The van der Waals surface area contributed by atoms with Crippen LogP contribution in [-0.4, -0.2) is 35.1 Å². The normalized spacial score (nSPS) is 15.7. The molecule has 2 heterocycles. The van der Waals surface area contributed by atoms with E-state index in [1.807, 2.05) is 42.5 Å². The fraction of sp³-hybridized carbons (Fsp3) is 0.227. The third-order valence-electron chi connectivity index (χ3n) is 4.53. The lowest BCUT2D eigenvalue weighted by atomic mass is 10.2. The summed E-state index contributed by atoms with van der Waals surface area (Å²) in [6, 6.07) is 16.7. The third kappa shape index (κ3) is 5.08. The maximum absolute atomic E-state index is 12.6. The molecule has 1 saturated heterocycles. The van der Waals surface area contributed by atoms with Crippen LogP contribution in [0.1, 0.15) is 23.3 Å². The molecule has 29 heavy (non-hydrogen) atoms. The first-order valence-corrected chi connectivity index (χ1v) is 9.59. The Morgan fingerprint density at radius 3 is 2.66 bits per heavy atom. The zero-order chi connectivity index (χ0) is 19.9. The number of amides is 1. The largest absolute Gasteiger partial charge is 0.455 e. The van der Waals surface area contributed by atoms with Crippen molar-refractivity contribution in [3.63, 3.8) is 0 Å². The van der Waals surface area contributed by atoms with E-state index in [1.54, 1.807) is 18.3 Å². The molecule has 1 fully saturated rings. The van der Waals surface area contributed by atoms with Crippen molar-refractivity contribution in [2.24, 2.45) is 0 Å². The van der Waals surface area contributed by atoms with Crippen LogP contribution in [0, 0.1) is 0 Å². The Morgan fingerprint density at radius 1 is 1.07 bits per heavy atom. The first-order chi connectivity index (χ1) is 14.3. The lowest BCUT2D eigenvalue weighted by Crippen LogP contribution is -2.19. The van der Waals surface area contributed by atoms with Gasteiger partial charge in [-0.3, -0.25) is 4.79 Å². The number of benzene rings is 2. The predicted octanol–water partition coefficient (Wildman–Crippen LogP) is 4.11. The Hall–Kier alpha value is -3.45. The van der Waals surface area contributed by atoms with Gasteiger partial charge in [0.05, 0.1) is 24.2 Å². The topological polar surface area (TPSA) is 85.4 Å². The average molecular weight is 390 g/mol. The van der Waals surface area contributed by atoms with Gasteiger partial charge in [0.15, 0.2) is 5.75 Å². The van der Waals surface area contributed by atoms with Gasteiger partial charge in [-0.05, 0) is 37.1 Å². The van der Waals surface area contributed by atoms with E-state index in [0.717, 1.165) is 19.4 Å². The monoisotopic (exact) mass is 390 g/mol. The fourth-order valence-corrected chi connectivity index (χ4v) is 3.02. The molecule has 1 aliphatic rings. The van der Waals surface area contributed by atoms with E-state index in [0.29, 0.717) is 29.5 Å². The van der Waals surface area contributed by atoms with Crippen LogP contribution in [0.3, 0.4) is 0 Å². The molecule has 4 rings (SSSR count). The van der Waals surface area contributed by atoms with Crippen LogP contribution in [0.15, 0.2) is 67.0 Å². The van der Waals surface area contributed by atoms with Crippen molar-refractivity contribution in [2.45, 2.75) is 18.9 Å². The number of hydrogen-bond donors (Lipinski definition) is 2. The summed E-state index contributed by atoms with van der Waals surface area (Å²) in [6.07, 6.45) is 5.35. The number of carbonyl (C=O) groups is 1. The first-order valence-electron chi connectivity index (χ1n) is 9.59. The molecule has 7 heteroatoms. The molecule has 0 spiro atoms. The standard InChI is InChI=1S/C22H22N4O3/c27-22(19-14-25-21(15-23-19)24-13-17-9-6-12-28-17)26-18-10-4-5-11-20(18)29-16-7-2-1-3-8-16/h1-5,7-8,10-11,14-15,17H,6,9,12-13H2,(H,24,25)(H,26,27). The van der Waals surface area contributed by atoms with E-state index in [1.165, 1.54) is 6.20 Å². The highest BCUT2D eigenvalue weighted by Crippen LogP contribution is 2.29. The average Bonchev–Trinajstić information content (AvgIpc) is 3.28. The maximum Gasteiger partial charge on any atom is 0.275 e. The summed E-state index contributed by atoms with van der Waals surface area (Å²) in [6.45, 7) is 1.50. The molecule has 3 aromatic rings. The number of para-hydroxylation sites is 3. The van der Waals surface area contributed by atoms with Crippen LogP contribution in [0.4, 0.5) is 11.5 Å². The molecule has 148 valence electrons. The quantitative estimate of drug-likeness (QED) is 0.631. The van der Waals surface area contributed by atoms with Crippen molar-refractivity contribution in [2.75, 3.05) is 23.8 Å². The lowest BCUT2D eigenvalue weighted by Gasteiger charge is -2.12. The van der Waals surface area contributed by atoms with E-state index in [9.17, 15) is 4.79 Å². The van der Waals surface area contributed by atoms with Gasteiger partial charge in [0.1, 0.15) is 17.3 Å². The fourth-order valence-electron chi connectivity index (χ4n) is 3.02. The molecule has 0 radical (unpaired) electrons. The highest BCUT2D eigenvalue weighted by Gasteiger charge is 2.16. The first kappa shape index (κ1) is 18.9. The Labute approximate surface area is 169 Å². The van der Waals surface area contributed by atoms with Gasteiger partial charge in [-0.1, -0.05) is 30.3 Å². The van der Waals surface area contributed by atoms with Gasteiger partial charge in [0, 0.05) is 13.2 Å². The van der Waals surface area contributed by atoms with E-state index >= 15 is 0 Å². The molecule has 7 nitrogen and oxygen atoms in total. The third-order valence-corrected chi connectivity index (χ3v) is 4.53. The van der Waals surface area contributed by atoms with Gasteiger partial charge in [0.2, 0.25) is 0 Å². The number of rotatable bonds is 7. The summed E-state index contributed by atoms with van der Waals surface area (Å²) in [5.41, 5.74) is 0.783. The van der Waals surface area contributed by atoms with E-state index in [2.05, 4.69) is 20.6 Å². The molecule has 0 saturated carbocycles. The smallest absolute Gasteiger partial charge is 0.275 e. The van der Waals surface area contributed by atoms with Crippen molar-refractivity contribution in [1.29, 1.82) is 0 Å². The van der Waals surface area contributed by atoms with Gasteiger partial charge in [0.25, 0.3) is 5.91 Å². The molecule has 1 amide bonds. The number of ether oxygens (including phenoxy) is 2. The van der Waals surface area contributed by atoms with Gasteiger partial charge >= 0.3 is 0 Å². The number of nitrogens with zero attached hydrogens (tertiary/aromatic N) is 2. The predicted molar refractivity (Wildman–Crippen MR) is 110 cm³/mol. The van der Waals surface area contributed by atoms with Crippen LogP contribution in [0.2, 0.25) is 0 Å². The summed E-state index contributed by atoms with van der Waals surface area (Å²) in [5, 5.41) is 6.02. The number of carbonyl (C=O) groups excluding carboxylic acids is 1. The van der Waals surface area contributed by atoms with Crippen LogP contribution in [0.5, 0.6) is 11.5 Å². The van der Waals surface area contributed by atoms with E-state index in [-0.39, 0.29) is 17.7 Å². The lowest BCUT2D eigenvalue weighted by molar-refractivity contribution is 0.102. The minimum atomic E-state index is -0.354. The van der Waals surface area contributed by atoms with E-state index in [4.69, 9.17) is 9.47 Å². The summed E-state index contributed by atoms with van der Waals surface area (Å²) in [4.78, 5) is 21.1. The summed E-state index contributed by atoms with van der Waals surface area (Å²) in [5.74, 6) is 1.50. The van der Waals surface area contributed by atoms with Crippen molar-refractivity contribution in [3.05, 3.63) is 72.7 Å². The summed E-state index contributed by atoms with van der Waals surface area (Å²) in [7, 11) is 0. The Kier molecular flexibility index (Phi) is 5.97. The van der Waals surface area contributed by atoms with E-state index < -0.39 is 0 Å². The van der Waals surface area contributed by atoms with Crippen LogP contribution < -0.4 is 15.4 Å². The zero-order valence-electron chi connectivity index (χ0n) is 15.9. The highest BCUT2D eigenvalue weighted by molar-refractivity contribution is 6.03. The molecular weight excluding hydrogens is 368 g/mol. The number of nitrogens with one attached hydrogen (secondary N) is 2.